The van der Waals surface area contributed by atoms with E-state index in [1.807, 2.05) is 36.7 Å². The lowest BCUT2D eigenvalue weighted by molar-refractivity contribution is -0.119. The maximum atomic E-state index is 12.6. The van der Waals surface area contributed by atoms with Gasteiger partial charge in [-0.1, -0.05) is 12.8 Å². The molecule has 0 aliphatic heterocycles. The average Bonchev–Trinajstić information content (AvgIpc) is 3.73. The van der Waals surface area contributed by atoms with Gasteiger partial charge in [-0.2, -0.15) is 5.10 Å². The molecule has 7 rings (SSSR count). The summed E-state index contributed by atoms with van der Waals surface area (Å²) < 4.78 is 0. The Morgan fingerprint density at radius 2 is 1.66 bits per heavy atom. The lowest BCUT2D eigenvalue weighted by Crippen LogP contribution is -2.20. The predicted octanol–water partition coefficient (Wildman–Crippen LogP) is 5.75. The smallest absolute Gasteiger partial charge is 0.227 e. The summed E-state index contributed by atoms with van der Waals surface area (Å²) in [6.45, 7) is 0. The van der Waals surface area contributed by atoms with E-state index in [0.29, 0.717) is 11.3 Å². The molecule has 6 aromatic heterocycles. The second-order valence-corrected chi connectivity index (χ2v) is 9.69. The van der Waals surface area contributed by atoms with E-state index >= 15 is 0 Å². The van der Waals surface area contributed by atoms with Crippen LogP contribution in [0.15, 0.2) is 73.7 Å². The number of amides is 1. The molecular weight excluding hydrogens is 476 g/mol. The minimum atomic E-state index is 0.0755. The Labute approximate surface area is 217 Å². The van der Waals surface area contributed by atoms with Gasteiger partial charge in [-0.3, -0.25) is 24.8 Å². The van der Waals surface area contributed by atoms with Gasteiger partial charge >= 0.3 is 0 Å². The quantitative estimate of drug-likeness (QED) is 0.277. The van der Waals surface area contributed by atoms with Crippen LogP contribution in [0.4, 0.5) is 5.69 Å². The number of hydrogen-bond acceptors (Lipinski definition) is 6. The van der Waals surface area contributed by atoms with Gasteiger partial charge in [-0.05, 0) is 48.7 Å². The molecule has 1 aliphatic rings. The van der Waals surface area contributed by atoms with Gasteiger partial charge in [0.05, 0.1) is 35.0 Å². The van der Waals surface area contributed by atoms with Crippen molar-refractivity contribution in [2.75, 3.05) is 5.32 Å². The first kappa shape index (κ1) is 22.3. The molecule has 186 valence electrons. The van der Waals surface area contributed by atoms with Gasteiger partial charge in [0, 0.05) is 64.4 Å². The van der Waals surface area contributed by atoms with Crippen molar-refractivity contribution < 1.29 is 4.79 Å². The third-order valence-corrected chi connectivity index (χ3v) is 7.28. The second kappa shape index (κ2) is 9.19. The molecule has 1 aliphatic carbocycles. The van der Waals surface area contributed by atoms with Gasteiger partial charge in [0.2, 0.25) is 5.91 Å². The Morgan fingerprint density at radius 1 is 0.842 bits per heavy atom. The van der Waals surface area contributed by atoms with Crippen LogP contribution in [-0.2, 0) is 4.79 Å². The summed E-state index contributed by atoms with van der Waals surface area (Å²) in [5.74, 6) is 0.169. The van der Waals surface area contributed by atoms with Crippen molar-refractivity contribution in [1.82, 2.24) is 35.1 Å². The van der Waals surface area contributed by atoms with Gasteiger partial charge < -0.3 is 10.3 Å². The number of carbonyl (C=O) groups excluding carboxylic acids is 1. The first-order valence-corrected chi connectivity index (χ1v) is 12.7. The Kier molecular flexibility index (Phi) is 5.39. The molecule has 1 amide bonds. The van der Waals surface area contributed by atoms with Gasteiger partial charge in [-0.25, -0.2) is 4.98 Å². The van der Waals surface area contributed by atoms with Crippen molar-refractivity contribution in [3.8, 4) is 33.6 Å². The van der Waals surface area contributed by atoms with Crippen molar-refractivity contribution in [1.29, 1.82) is 0 Å². The van der Waals surface area contributed by atoms with Crippen molar-refractivity contribution >= 4 is 33.5 Å². The number of pyridine rings is 4. The van der Waals surface area contributed by atoms with Crippen LogP contribution in [0.25, 0.3) is 55.6 Å². The summed E-state index contributed by atoms with van der Waals surface area (Å²) in [7, 11) is 0. The van der Waals surface area contributed by atoms with Crippen LogP contribution >= 0.6 is 0 Å². The first-order chi connectivity index (χ1) is 18.7. The van der Waals surface area contributed by atoms with E-state index in [9.17, 15) is 4.79 Å². The van der Waals surface area contributed by atoms with Gasteiger partial charge in [-0.15, -0.1) is 0 Å². The second-order valence-electron chi connectivity index (χ2n) is 9.69. The molecule has 6 heterocycles. The fourth-order valence-electron chi connectivity index (χ4n) is 5.31. The number of aromatic nitrogens is 7. The molecule has 9 nitrogen and oxygen atoms in total. The molecule has 38 heavy (non-hydrogen) atoms. The van der Waals surface area contributed by atoms with Crippen LogP contribution in [0.3, 0.4) is 0 Å². The van der Waals surface area contributed by atoms with Crippen LogP contribution in [0.2, 0.25) is 0 Å². The largest absolute Gasteiger partial charge is 0.352 e. The van der Waals surface area contributed by atoms with E-state index in [1.54, 1.807) is 31.0 Å². The zero-order chi connectivity index (χ0) is 25.5. The lowest BCUT2D eigenvalue weighted by Gasteiger charge is -2.11. The SMILES string of the molecule is O=C(Nc1cncc(-c2cnc3n[nH]c(-c4cc5c(-c6ccncc6)cncc5[nH]4)c3c2)c1)C1CCCC1. The van der Waals surface area contributed by atoms with E-state index < -0.39 is 0 Å². The maximum absolute atomic E-state index is 12.6. The maximum Gasteiger partial charge on any atom is 0.227 e. The number of nitrogens with zero attached hydrogens (tertiary/aromatic N) is 5. The summed E-state index contributed by atoms with van der Waals surface area (Å²) in [5.41, 5.74) is 7.80. The van der Waals surface area contributed by atoms with E-state index in [1.165, 1.54) is 0 Å². The highest BCUT2D eigenvalue weighted by atomic mass is 16.1. The lowest BCUT2D eigenvalue weighted by atomic mass is 10.0. The van der Waals surface area contributed by atoms with Crippen molar-refractivity contribution in [2.45, 2.75) is 25.7 Å². The molecule has 0 spiro atoms. The van der Waals surface area contributed by atoms with Crippen LogP contribution < -0.4 is 5.32 Å². The minimum absolute atomic E-state index is 0.0755. The van der Waals surface area contributed by atoms with Gasteiger partial charge in [0.1, 0.15) is 0 Å². The van der Waals surface area contributed by atoms with Crippen molar-refractivity contribution in [3.05, 3.63) is 73.7 Å². The van der Waals surface area contributed by atoms with E-state index in [2.05, 4.69) is 46.5 Å². The number of hydrogen-bond donors (Lipinski definition) is 3. The van der Waals surface area contributed by atoms with Crippen LogP contribution in [0, 0.1) is 5.92 Å². The van der Waals surface area contributed by atoms with E-state index in [4.69, 9.17) is 0 Å². The summed E-state index contributed by atoms with van der Waals surface area (Å²) in [6.07, 6.45) is 16.6. The number of rotatable bonds is 5. The highest BCUT2D eigenvalue weighted by Gasteiger charge is 2.23. The zero-order valence-electron chi connectivity index (χ0n) is 20.5. The van der Waals surface area contributed by atoms with Crippen molar-refractivity contribution in [3.63, 3.8) is 0 Å². The van der Waals surface area contributed by atoms with E-state index in [-0.39, 0.29) is 11.8 Å². The molecule has 9 heteroatoms. The fraction of sp³-hybridized carbons (Fsp3) is 0.172. The molecular formula is C29H24N8O. The first-order valence-electron chi connectivity index (χ1n) is 12.7. The molecule has 0 radical (unpaired) electrons. The molecule has 0 aromatic carbocycles. The number of fused-ring (bicyclic) bond motifs is 2. The molecule has 6 aromatic rings. The van der Waals surface area contributed by atoms with E-state index in [0.717, 1.165) is 75.6 Å². The molecule has 1 fully saturated rings. The monoisotopic (exact) mass is 500 g/mol. The number of nitrogens with one attached hydrogen (secondary N) is 3. The highest BCUT2D eigenvalue weighted by molar-refractivity contribution is 6.00. The number of carbonyl (C=O) groups is 1. The molecule has 0 unspecified atom stereocenters. The summed E-state index contributed by atoms with van der Waals surface area (Å²) in [6, 6.07) is 10.0. The molecule has 0 atom stereocenters. The summed E-state index contributed by atoms with van der Waals surface area (Å²) >= 11 is 0. The number of anilines is 1. The Bertz CT molecular complexity index is 1780. The fourth-order valence-corrected chi connectivity index (χ4v) is 5.31. The summed E-state index contributed by atoms with van der Waals surface area (Å²) in [5, 5.41) is 12.6. The molecule has 0 saturated heterocycles. The normalized spacial score (nSPS) is 13.9. The molecule has 0 bridgehead atoms. The summed E-state index contributed by atoms with van der Waals surface area (Å²) in [4.78, 5) is 33.6. The number of H-pyrrole nitrogens is 2. The predicted molar refractivity (Wildman–Crippen MR) is 146 cm³/mol. The topological polar surface area (TPSA) is 125 Å². The highest BCUT2D eigenvalue weighted by Crippen LogP contribution is 2.34. The molecule has 1 saturated carbocycles. The van der Waals surface area contributed by atoms with Crippen LogP contribution in [0.5, 0.6) is 0 Å². The number of aromatic amines is 2. The Balaban J connectivity index is 1.25. The third kappa shape index (κ3) is 3.98. The van der Waals surface area contributed by atoms with Gasteiger partial charge in [0.15, 0.2) is 5.65 Å². The van der Waals surface area contributed by atoms with Gasteiger partial charge in [0.25, 0.3) is 0 Å². The van der Waals surface area contributed by atoms with Crippen LogP contribution in [0.1, 0.15) is 25.7 Å². The van der Waals surface area contributed by atoms with Crippen molar-refractivity contribution in [2.24, 2.45) is 5.92 Å². The minimum Gasteiger partial charge on any atom is -0.352 e. The average molecular weight is 501 g/mol. The molecule has 3 N–H and O–H groups in total. The third-order valence-electron chi connectivity index (χ3n) is 7.28. The zero-order valence-corrected chi connectivity index (χ0v) is 20.5. The Hall–Kier alpha value is -4.92. The van der Waals surface area contributed by atoms with Crippen LogP contribution in [-0.4, -0.2) is 41.0 Å². The Morgan fingerprint density at radius 3 is 2.53 bits per heavy atom. The standard InChI is InChI=1S/C29H24N8O/c38-29(18-3-1-2-4-18)34-21-9-19(12-31-14-21)20-10-23-27(36-37-28(23)33-13-20)25-11-22-24(15-32-16-26(22)35-25)17-5-7-30-8-6-17/h5-16,18,35H,1-4H2,(H,34,38)(H,33,36,37).